The van der Waals surface area contributed by atoms with Gasteiger partial charge in [0.15, 0.2) is 0 Å². The molecule has 0 saturated heterocycles. The Labute approximate surface area is 194 Å². The predicted octanol–water partition coefficient (Wildman–Crippen LogP) is 4.07. The first-order chi connectivity index (χ1) is 15.5. The second-order valence-corrected chi connectivity index (χ2v) is 8.46. The Hall–Kier alpha value is -1.67. The van der Waals surface area contributed by atoms with Crippen molar-refractivity contribution in [2.45, 2.75) is 96.8 Å². The summed E-state index contributed by atoms with van der Waals surface area (Å²) in [6.45, 7) is 2.84. The lowest BCUT2D eigenvalue weighted by atomic mass is 10.0. The van der Waals surface area contributed by atoms with Crippen LogP contribution in [0.1, 0.15) is 96.8 Å². The lowest BCUT2D eigenvalue weighted by Crippen LogP contribution is -2.39. The highest BCUT2D eigenvalue weighted by Crippen LogP contribution is 2.12. The number of carboxylic acids is 2. The first-order valence-electron chi connectivity index (χ1n) is 12.5. The molecule has 8 heteroatoms. The van der Waals surface area contributed by atoms with Crippen molar-refractivity contribution in [2.75, 3.05) is 39.4 Å². The molecule has 0 saturated carbocycles. The average molecular weight is 459 g/mol. The Morgan fingerprint density at radius 1 is 0.750 bits per heavy atom. The number of rotatable bonds is 24. The van der Waals surface area contributed by atoms with Crippen molar-refractivity contribution in [3.05, 3.63) is 0 Å². The van der Waals surface area contributed by atoms with Crippen LogP contribution in [0.15, 0.2) is 0 Å². The number of nitrogens with zero attached hydrogens (tertiary/aromatic N) is 1. The molecule has 32 heavy (non-hydrogen) atoms. The first-order valence-corrected chi connectivity index (χ1v) is 12.5. The zero-order chi connectivity index (χ0) is 23.9. The van der Waals surface area contributed by atoms with Crippen molar-refractivity contribution < 1.29 is 29.3 Å². The van der Waals surface area contributed by atoms with Gasteiger partial charge in [-0.2, -0.15) is 0 Å². The van der Waals surface area contributed by atoms with E-state index in [1.54, 1.807) is 4.90 Å². The summed E-state index contributed by atoms with van der Waals surface area (Å²) in [5.41, 5.74) is 0. The van der Waals surface area contributed by atoms with Gasteiger partial charge in [-0.05, 0) is 6.42 Å². The minimum Gasteiger partial charge on any atom is -0.480 e. The van der Waals surface area contributed by atoms with E-state index >= 15 is 0 Å². The topological polar surface area (TPSA) is 116 Å². The molecule has 188 valence electrons. The second-order valence-electron chi connectivity index (χ2n) is 8.46. The van der Waals surface area contributed by atoms with Gasteiger partial charge in [-0.25, -0.2) is 4.79 Å². The molecule has 0 aromatic carbocycles. The van der Waals surface area contributed by atoms with E-state index in [-0.39, 0.29) is 19.1 Å². The van der Waals surface area contributed by atoms with Gasteiger partial charge in [0.2, 0.25) is 5.91 Å². The lowest BCUT2D eigenvalue weighted by Gasteiger charge is -2.20. The van der Waals surface area contributed by atoms with E-state index in [0.29, 0.717) is 26.1 Å². The Balaban J connectivity index is 3.59. The molecule has 0 radical (unpaired) electrons. The minimum absolute atomic E-state index is 0.00882. The number of carbonyl (C=O) groups is 3. The number of hydrogen-bond donors (Lipinski definition) is 3. The molecule has 0 atom stereocenters. The SMILES string of the molecule is CCCCCCCCCCCCCCCC(=O)NCCN(CCOCC(=O)O)CC(=O)O. The number of unbranched alkanes of at least 4 members (excludes halogenated alkanes) is 12. The van der Waals surface area contributed by atoms with Crippen LogP contribution in [0, 0.1) is 0 Å². The smallest absolute Gasteiger partial charge is 0.329 e. The minimum atomic E-state index is -1.06. The van der Waals surface area contributed by atoms with E-state index in [9.17, 15) is 14.4 Å². The van der Waals surface area contributed by atoms with Gasteiger partial charge in [0.1, 0.15) is 6.61 Å². The third-order valence-electron chi connectivity index (χ3n) is 5.39. The highest BCUT2D eigenvalue weighted by atomic mass is 16.5. The molecule has 0 aromatic rings. The maximum Gasteiger partial charge on any atom is 0.329 e. The zero-order valence-corrected chi connectivity index (χ0v) is 20.1. The summed E-state index contributed by atoms with van der Waals surface area (Å²) in [5, 5.41) is 20.3. The van der Waals surface area contributed by atoms with Crippen LogP contribution in [0.3, 0.4) is 0 Å². The van der Waals surface area contributed by atoms with Crippen LogP contribution >= 0.6 is 0 Å². The Morgan fingerprint density at radius 2 is 1.28 bits per heavy atom. The maximum absolute atomic E-state index is 11.9. The number of carboxylic acid groups (broad SMARTS) is 2. The van der Waals surface area contributed by atoms with Crippen molar-refractivity contribution in [3.8, 4) is 0 Å². The van der Waals surface area contributed by atoms with Gasteiger partial charge in [-0.1, -0.05) is 84.0 Å². The molecule has 0 rings (SSSR count). The molecule has 1 amide bonds. The molecular formula is C24H46N2O6. The van der Waals surface area contributed by atoms with Crippen LogP contribution in [0.5, 0.6) is 0 Å². The van der Waals surface area contributed by atoms with Crippen LogP contribution < -0.4 is 5.32 Å². The summed E-state index contributed by atoms with van der Waals surface area (Å²) < 4.78 is 4.94. The monoisotopic (exact) mass is 458 g/mol. The third kappa shape index (κ3) is 23.0. The molecule has 8 nitrogen and oxygen atoms in total. The molecule has 0 bridgehead atoms. The first kappa shape index (κ1) is 30.3. The standard InChI is InChI=1S/C24H46N2O6/c1-2-3-4-5-6-7-8-9-10-11-12-13-14-15-22(27)25-16-17-26(20-23(28)29)18-19-32-21-24(30)31/h2-21H2,1H3,(H,25,27)(H,28,29)(H,30,31). The molecule has 0 aliphatic heterocycles. The van der Waals surface area contributed by atoms with Crippen LogP contribution in [0.25, 0.3) is 0 Å². The summed E-state index contributed by atoms with van der Waals surface area (Å²) in [4.78, 5) is 34.9. The predicted molar refractivity (Wildman–Crippen MR) is 126 cm³/mol. The van der Waals surface area contributed by atoms with Crippen molar-refractivity contribution in [3.63, 3.8) is 0 Å². The summed E-state index contributed by atoms with van der Waals surface area (Å²) in [6.07, 6.45) is 17.0. The largest absolute Gasteiger partial charge is 0.480 e. The number of hydrogen-bond acceptors (Lipinski definition) is 5. The van der Waals surface area contributed by atoms with Gasteiger partial charge in [0, 0.05) is 26.1 Å². The highest BCUT2D eigenvalue weighted by molar-refractivity contribution is 5.75. The van der Waals surface area contributed by atoms with Gasteiger partial charge >= 0.3 is 11.9 Å². The summed E-state index contributed by atoms with van der Waals surface area (Å²) in [7, 11) is 0. The van der Waals surface area contributed by atoms with Crippen LogP contribution in [0.2, 0.25) is 0 Å². The normalized spacial score (nSPS) is 11.1. The van der Waals surface area contributed by atoms with E-state index in [2.05, 4.69) is 12.2 Å². The molecule has 0 aliphatic rings. The molecular weight excluding hydrogens is 412 g/mol. The summed E-state index contributed by atoms with van der Waals surface area (Å²) in [6, 6.07) is 0. The van der Waals surface area contributed by atoms with Gasteiger partial charge in [0.05, 0.1) is 13.2 Å². The van der Waals surface area contributed by atoms with Gasteiger partial charge in [-0.3, -0.25) is 14.5 Å². The van der Waals surface area contributed by atoms with Crippen molar-refractivity contribution in [1.29, 1.82) is 0 Å². The maximum atomic E-state index is 11.9. The Morgan fingerprint density at radius 3 is 1.78 bits per heavy atom. The third-order valence-corrected chi connectivity index (χ3v) is 5.39. The van der Waals surface area contributed by atoms with E-state index in [1.807, 2.05) is 0 Å². The molecule has 0 aliphatic carbocycles. The van der Waals surface area contributed by atoms with E-state index in [0.717, 1.165) is 12.8 Å². The zero-order valence-electron chi connectivity index (χ0n) is 20.1. The van der Waals surface area contributed by atoms with Crippen molar-refractivity contribution >= 4 is 17.8 Å². The van der Waals surface area contributed by atoms with Gasteiger partial charge in [-0.15, -0.1) is 0 Å². The van der Waals surface area contributed by atoms with E-state index in [1.165, 1.54) is 70.6 Å². The molecule has 0 unspecified atom stereocenters. The quantitative estimate of drug-likeness (QED) is 0.187. The average Bonchev–Trinajstić information content (AvgIpc) is 2.73. The number of carbonyl (C=O) groups excluding carboxylic acids is 1. The lowest BCUT2D eigenvalue weighted by molar-refractivity contribution is -0.143. The second kappa shape index (κ2) is 22.5. The molecule has 3 N–H and O–H groups in total. The molecule has 0 heterocycles. The molecule has 0 aromatic heterocycles. The number of ether oxygens (including phenoxy) is 1. The van der Waals surface area contributed by atoms with Crippen molar-refractivity contribution in [2.24, 2.45) is 0 Å². The van der Waals surface area contributed by atoms with Gasteiger partial charge < -0.3 is 20.3 Å². The van der Waals surface area contributed by atoms with Crippen LogP contribution in [-0.2, 0) is 19.1 Å². The van der Waals surface area contributed by atoms with Crippen molar-refractivity contribution in [1.82, 2.24) is 10.2 Å². The molecule has 0 fully saturated rings. The van der Waals surface area contributed by atoms with Crippen LogP contribution in [0.4, 0.5) is 0 Å². The van der Waals surface area contributed by atoms with Gasteiger partial charge in [0.25, 0.3) is 0 Å². The number of nitrogens with one attached hydrogen (secondary N) is 1. The number of aliphatic carboxylic acids is 2. The Bertz CT molecular complexity index is 487. The fourth-order valence-electron chi connectivity index (χ4n) is 3.56. The fourth-order valence-corrected chi connectivity index (χ4v) is 3.56. The van der Waals surface area contributed by atoms with E-state index < -0.39 is 18.5 Å². The summed E-state index contributed by atoms with van der Waals surface area (Å²) >= 11 is 0. The fraction of sp³-hybridized carbons (Fsp3) is 0.875. The Kier molecular flexibility index (Phi) is 21.3. The van der Waals surface area contributed by atoms with Crippen LogP contribution in [-0.4, -0.2) is 72.4 Å². The highest BCUT2D eigenvalue weighted by Gasteiger charge is 2.10. The van der Waals surface area contributed by atoms with E-state index in [4.69, 9.17) is 14.9 Å². The number of amides is 1. The molecule has 0 spiro atoms. The summed E-state index contributed by atoms with van der Waals surface area (Å²) in [5.74, 6) is -2.04.